The van der Waals surface area contributed by atoms with E-state index in [2.05, 4.69) is 20.3 Å². The van der Waals surface area contributed by atoms with E-state index in [1.165, 1.54) is 12.3 Å². The number of aliphatic hydroxyl groups excluding tert-OH is 1. The van der Waals surface area contributed by atoms with E-state index in [9.17, 15) is 13.2 Å². The lowest BCUT2D eigenvalue weighted by molar-refractivity contribution is -0.138. The summed E-state index contributed by atoms with van der Waals surface area (Å²) < 4.78 is 40.5. The Bertz CT molecular complexity index is 1030. The lowest BCUT2D eigenvalue weighted by Crippen LogP contribution is -2.16. The molecule has 5 nitrogen and oxygen atoms in total. The van der Waals surface area contributed by atoms with Crippen molar-refractivity contribution in [3.63, 3.8) is 0 Å². The highest BCUT2D eigenvalue weighted by molar-refractivity contribution is 6.30. The Morgan fingerprint density at radius 1 is 1.21 bits per heavy atom. The highest BCUT2D eigenvalue weighted by Crippen LogP contribution is 2.37. The van der Waals surface area contributed by atoms with E-state index in [0.717, 1.165) is 6.07 Å². The molecule has 0 saturated carbocycles. The van der Waals surface area contributed by atoms with Crippen LogP contribution in [0.4, 0.5) is 19.0 Å². The van der Waals surface area contributed by atoms with Crippen LogP contribution in [0, 0.1) is 0 Å². The topological polar surface area (TPSA) is 70.9 Å². The molecule has 3 rings (SSSR count). The average Bonchev–Trinajstić information content (AvgIpc) is 2.65. The first-order valence-electron chi connectivity index (χ1n) is 8.76. The van der Waals surface area contributed by atoms with Crippen molar-refractivity contribution in [1.82, 2.24) is 15.0 Å². The Balaban J connectivity index is 2.05. The fraction of sp³-hybridized carbons (Fsp3) is 0.316. The van der Waals surface area contributed by atoms with Crippen LogP contribution in [0.1, 0.15) is 36.1 Å². The molecule has 0 radical (unpaired) electrons. The number of pyridine rings is 1. The molecule has 0 fully saturated rings. The summed E-state index contributed by atoms with van der Waals surface area (Å²) in [5.74, 6) is 0.335. The Morgan fingerprint density at radius 3 is 2.66 bits per heavy atom. The standard InChI is InChI=1S/C19H17Cl2F3N4O/c1-10(11-4-2-6-14(19(22,23)24)12(11)5-3-7-29)26-17-13-8-16(20)25-9-15(13)27-18(21)28-17/h2,4,6,8-10,29H,3,5,7H2,1H3,(H,26,27,28). The summed E-state index contributed by atoms with van der Waals surface area (Å²) in [6.07, 6.45) is -2.74. The van der Waals surface area contributed by atoms with E-state index in [4.69, 9.17) is 28.3 Å². The number of fused-ring (bicyclic) bond motifs is 1. The lowest BCUT2D eigenvalue weighted by atomic mass is 9.92. The first-order valence-corrected chi connectivity index (χ1v) is 9.51. The molecule has 0 aliphatic carbocycles. The van der Waals surface area contributed by atoms with Crippen LogP contribution in [-0.4, -0.2) is 26.7 Å². The van der Waals surface area contributed by atoms with Crippen LogP contribution >= 0.6 is 23.2 Å². The molecule has 29 heavy (non-hydrogen) atoms. The van der Waals surface area contributed by atoms with Gasteiger partial charge in [0.1, 0.15) is 11.0 Å². The minimum atomic E-state index is -4.50. The van der Waals surface area contributed by atoms with Gasteiger partial charge in [-0.05, 0) is 54.6 Å². The summed E-state index contributed by atoms with van der Waals surface area (Å²) in [7, 11) is 0. The van der Waals surface area contributed by atoms with Gasteiger partial charge in [0.2, 0.25) is 5.28 Å². The van der Waals surface area contributed by atoms with Gasteiger partial charge in [0.15, 0.2) is 0 Å². The van der Waals surface area contributed by atoms with Crippen molar-refractivity contribution >= 4 is 39.9 Å². The van der Waals surface area contributed by atoms with Gasteiger partial charge in [-0.2, -0.15) is 13.2 Å². The second kappa shape index (κ2) is 8.69. The average molecular weight is 445 g/mol. The maximum atomic E-state index is 13.5. The molecule has 2 N–H and O–H groups in total. The number of nitrogens with zero attached hydrogens (tertiary/aromatic N) is 3. The molecule has 2 heterocycles. The predicted octanol–water partition coefficient (Wildman–Crippen LogP) is 5.45. The van der Waals surface area contributed by atoms with Gasteiger partial charge in [-0.25, -0.2) is 15.0 Å². The maximum Gasteiger partial charge on any atom is 0.416 e. The fourth-order valence-electron chi connectivity index (χ4n) is 3.18. The van der Waals surface area contributed by atoms with E-state index in [1.54, 1.807) is 19.1 Å². The number of alkyl halides is 3. The third-order valence-electron chi connectivity index (χ3n) is 4.44. The molecule has 154 valence electrons. The van der Waals surface area contributed by atoms with Gasteiger partial charge in [0.25, 0.3) is 0 Å². The smallest absolute Gasteiger partial charge is 0.396 e. The molecule has 10 heteroatoms. The zero-order chi connectivity index (χ0) is 21.2. The summed E-state index contributed by atoms with van der Waals surface area (Å²) >= 11 is 11.9. The molecule has 0 saturated heterocycles. The van der Waals surface area contributed by atoms with Crippen molar-refractivity contribution in [2.24, 2.45) is 0 Å². The van der Waals surface area contributed by atoms with E-state index in [0.29, 0.717) is 22.3 Å². The number of hydrogen-bond donors (Lipinski definition) is 2. The number of aliphatic hydroxyl groups is 1. The molecule has 0 spiro atoms. The van der Waals surface area contributed by atoms with Crippen LogP contribution in [0.2, 0.25) is 10.4 Å². The Labute approximate surface area is 174 Å². The minimum absolute atomic E-state index is 0.0270. The Morgan fingerprint density at radius 2 is 1.97 bits per heavy atom. The van der Waals surface area contributed by atoms with Gasteiger partial charge < -0.3 is 10.4 Å². The van der Waals surface area contributed by atoms with Crippen molar-refractivity contribution < 1.29 is 18.3 Å². The number of anilines is 1. The number of halogens is 5. The number of nitrogens with one attached hydrogen (secondary N) is 1. The second-order valence-electron chi connectivity index (χ2n) is 6.43. The molecule has 0 bridgehead atoms. The molecule has 0 aliphatic rings. The third kappa shape index (κ3) is 4.88. The molecular formula is C19H17Cl2F3N4O. The normalized spacial score (nSPS) is 12.9. The summed E-state index contributed by atoms with van der Waals surface area (Å²) in [4.78, 5) is 12.2. The molecular weight excluding hydrogens is 428 g/mol. The van der Waals surface area contributed by atoms with Crippen LogP contribution < -0.4 is 5.32 Å². The molecule has 1 aromatic carbocycles. The predicted molar refractivity (Wildman–Crippen MR) is 106 cm³/mol. The summed E-state index contributed by atoms with van der Waals surface area (Å²) in [6, 6.07) is 5.06. The van der Waals surface area contributed by atoms with Crippen molar-refractivity contribution in [3.05, 3.63) is 57.6 Å². The molecule has 3 aromatic rings. The molecule has 1 atom stereocenters. The van der Waals surface area contributed by atoms with Gasteiger partial charge in [0.05, 0.1) is 23.3 Å². The summed E-state index contributed by atoms with van der Waals surface area (Å²) in [6.45, 7) is 1.52. The van der Waals surface area contributed by atoms with E-state index >= 15 is 0 Å². The van der Waals surface area contributed by atoms with E-state index < -0.39 is 17.8 Å². The number of hydrogen-bond acceptors (Lipinski definition) is 5. The largest absolute Gasteiger partial charge is 0.416 e. The maximum absolute atomic E-state index is 13.5. The van der Waals surface area contributed by atoms with Gasteiger partial charge in [-0.3, -0.25) is 0 Å². The highest BCUT2D eigenvalue weighted by atomic mass is 35.5. The first kappa shape index (κ1) is 21.5. The Hall–Kier alpha value is -2.16. The fourth-order valence-corrected chi connectivity index (χ4v) is 3.52. The number of rotatable bonds is 6. The highest BCUT2D eigenvalue weighted by Gasteiger charge is 2.34. The number of benzene rings is 1. The second-order valence-corrected chi connectivity index (χ2v) is 7.16. The quantitative estimate of drug-likeness (QED) is 0.390. The van der Waals surface area contributed by atoms with E-state index in [-0.39, 0.29) is 35.4 Å². The lowest BCUT2D eigenvalue weighted by Gasteiger charge is -2.22. The first-order chi connectivity index (χ1) is 13.7. The monoisotopic (exact) mass is 444 g/mol. The minimum Gasteiger partial charge on any atom is -0.396 e. The van der Waals surface area contributed by atoms with Crippen molar-refractivity contribution in [2.45, 2.75) is 32.0 Å². The Kier molecular flexibility index (Phi) is 6.45. The van der Waals surface area contributed by atoms with Crippen molar-refractivity contribution in [2.75, 3.05) is 11.9 Å². The van der Waals surface area contributed by atoms with E-state index in [1.807, 2.05) is 0 Å². The molecule has 1 unspecified atom stereocenters. The van der Waals surface area contributed by atoms with Crippen molar-refractivity contribution in [1.29, 1.82) is 0 Å². The number of aromatic nitrogens is 3. The van der Waals surface area contributed by atoms with Gasteiger partial charge >= 0.3 is 6.18 Å². The zero-order valence-corrected chi connectivity index (χ0v) is 16.8. The van der Waals surface area contributed by atoms with Crippen molar-refractivity contribution in [3.8, 4) is 0 Å². The van der Waals surface area contributed by atoms with Gasteiger partial charge in [0, 0.05) is 12.0 Å². The van der Waals surface area contributed by atoms with Crippen LogP contribution in [-0.2, 0) is 12.6 Å². The molecule has 2 aromatic heterocycles. The van der Waals surface area contributed by atoms with Crippen LogP contribution in [0.15, 0.2) is 30.5 Å². The molecule has 0 aliphatic heterocycles. The summed E-state index contributed by atoms with van der Waals surface area (Å²) in [5, 5.41) is 13.0. The van der Waals surface area contributed by atoms with Crippen LogP contribution in [0.25, 0.3) is 10.9 Å². The van der Waals surface area contributed by atoms with Gasteiger partial charge in [-0.1, -0.05) is 23.7 Å². The third-order valence-corrected chi connectivity index (χ3v) is 4.82. The molecule has 0 amide bonds. The van der Waals surface area contributed by atoms with Gasteiger partial charge in [-0.15, -0.1) is 0 Å². The van der Waals surface area contributed by atoms with Crippen LogP contribution in [0.3, 0.4) is 0 Å². The van der Waals surface area contributed by atoms with Crippen LogP contribution in [0.5, 0.6) is 0 Å². The zero-order valence-electron chi connectivity index (χ0n) is 15.3. The SMILES string of the molecule is CC(Nc1nc(Cl)nc2cnc(Cl)cc12)c1cccc(C(F)(F)F)c1CCCO. The summed E-state index contributed by atoms with van der Waals surface area (Å²) in [5.41, 5.74) is 0.332.